The lowest BCUT2D eigenvalue weighted by Gasteiger charge is -2.39. The minimum absolute atomic E-state index is 0. The van der Waals surface area contributed by atoms with Gasteiger partial charge in [-0.1, -0.05) is 133 Å². The van der Waals surface area contributed by atoms with Crippen LogP contribution in [0.5, 0.6) is 5.88 Å². The molecule has 8 heteroatoms. The van der Waals surface area contributed by atoms with Crippen molar-refractivity contribution in [1.82, 2.24) is 9.88 Å². The Kier molecular flexibility index (Phi) is 17.7. The number of carbonyl (C=O) groups is 1. The van der Waals surface area contributed by atoms with Crippen molar-refractivity contribution < 1.29 is 36.4 Å². The maximum absolute atomic E-state index is 13.4. The minimum atomic E-state index is -1.87. The first-order valence-electron chi connectivity index (χ1n) is 23.9. The lowest BCUT2D eigenvalue weighted by Crippen LogP contribution is -3.00. The van der Waals surface area contributed by atoms with Crippen molar-refractivity contribution in [3.05, 3.63) is 210 Å². The molecule has 1 unspecified atom stereocenters. The van der Waals surface area contributed by atoms with Gasteiger partial charge in [-0.25, -0.2) is 4.98 Å². The molecule has 0 saturated heterocycles. The molecule has 1 N–H and O–H groups in total. The van der Waals surface area contributed by atoms with Crippen LogP contribution in [0.1, 0.15) is 73.1 Å². The number of rotatable bonds is 22. The number of esters is 1. The van der Waals surface area contributed by atoms with E-state index in [0.717, 1.165) is 83.1 Å². The predicted molar refractivity (Wildman–Crippen MR) is 280 cm³/mol. The van der Waals surface area contributed by atoms with Gasteiger partial charge in [0.1, 0.15) is 28.8 Å². The Hall–Kier alpha value is -5.69. The quantitative estimate of drug-likeness (QED) is 0.0417. The number of halogens is 1. The van der Waals surface area contributed by atoms with E-state index in [1.807, 2.05) is 50.5 Å². The molecule has 0 saturated carbocycles. The smallest absolute Gasteiger partial charge is 0.305 e. The average molecular weight is 988 g/mol. The number of fused-ring (bicyclic) bond motifs is 2. The first-order chi connectivity index (χ1) is 32.8. The van der Waals surface area contributed by atoms with Crippen LogP contribution in [-0.4, -0.2) is 61.5 Å². The first kappa shape index (κ1) is 50.2. The normalized spacial score (nSPS) is 12.9. The lowest BCUT2D eigenvalue weighted by atomic mass is 9.70. The van der Waals surface area contributed by atoms with Crippen molar-refractivity contribution in [3.63, 3.8) is 0 Å². The van der Waals surface area contributed by atoms with Crippen LogP contribution in [0.3, 0.4) is 0 Å². The number of aliphatic hydroxyl groups is 1. The van der Waals surface area contributed by atoms with Crippen LogP contribution < -0.4 is 37.6 Å². The second-order valence-corrected chi connectivity index (χ2v) is 21.6. The molecule has 0 aliphatic rings. The number of hydrogen-bond acceptors (Lipinski definition) is 6. The molecule has 0 spiro atoms. The molecule has 6 nitrogen and oxygen atoms in total. The van der Waals surface area contributed by atoms with Crippen LogP contribution in [0.15, 0.2) is 188 Å². The van der Waals surface area contributed by atoms with E-state index in [-0.39, 0.29) is 23.0 Å². The molecular formula is C60H64BrN2O4P. The third kappa shape index (κ3) is 11.6. The summed E-state index contributed by atoms with van der Waals surface area (Å²) >= 11 is 0. The molecule has 0 aliphatic heterocycles. The number of pyridine rings is 1. The second-order valence-electron chi connectivity index (χ2n) is 18.0. The van der Waals surface area contributed by atoms with E-state index in [1.165, 1.54) is 21.5 Å². The number of methoxy groups -OCH3 is 1. The highest BCUT2D eigenvalue weighted by molar-refractivity contribution is 7.95. The molecular weight excluding hydrogens is 924 g/mol. The summed E-state index contributed by atoms with van der Waals surface area (Å²) in [6.07, 6.45) is 7.31. The number of benzene rings is 7. The van der Waals surface area contributed by atoms with Crippen LogP contribution in [0, 0.1) is 0 Å². The van der Waals surface area contributed by atoms with Crippen molar-refractivity contribution in [2.75, 3.05) is 40.5 Å². The fourth-order valence-corrected chi connectivity index (χ4v) is 14.3. The van der Waals surface area contributed by atoms with E-state index >= 15 is 0 Å². The standard InChI is InChI=1S/C60H64N2O4P.BrH/c1-62(2)41-40-60(64,55-36-23-28-47-25-18-19-35-53(47)55)58(48-26-9-4-10-27-48)54-45-49-44-46(38-39-56(49)61-59(54)65-3)24-20-21-42-66-57(63)37-17-8-22-43-67(50-29-11-5-12-30-50,51-31-13-6-14-32-51)52-33-15-7-16-34-52;/h4-7,9-16,18-19,23,25-36,38-39,44-45,58,64H,8,17,20-22,24,37,40-43H2,1-3H3;1H/q+1;/p-1/t58-,60?;/m1./s1. The molecule has 0 bridgehead atoms. The Morgan fingerprint density at radius 3 is 1.90 bits per heavy atom. The van der Waals surface area contributed by atoms with Crippen molar-refractivity contribution in [2.24, 2.45) is 0 Å². The average Bonchev–Trinajstić information content (AvgIpc) is 3.37. The molecule has 1 aromatic heterocycles. The summed E-state index contributed by atoms with van der Waals surface area (Å²) in [4.78, 5) is 20.1. The van der Waals surface area contributed by atoms with Gasteiger partial charge in [0.05, 0.1) is 25.4 Å². The third-order valence-corrected chi connectivity index (χ3v) is 17.8. The van der Waals surface area contributed by atoms with E-state index in [9.17, 15) is 9.90 Å². The molecule has 0 amide bonds. The summed E-state index contributed by atoms with van der Waals surface area (Å²) in [7, 11) is 3.88. The minimum Gasteiger partial charge on any atom is -1.00 e. The van der Waals surface area contributed by atoms with Crippen molar-refractivity contribution >= 4 is 50.8 Å². The third-order valence-electron chi connectivity index (χ3n) is 13.3. The SMILES string of the molecule is COc1nc2ccc(CCCCOC(=O)CCCCC[P+](c3ccccc3)(c3ccccc3)c3ccccc3)cc2cc1[C@@H](c1ccccc1)C(O)(CCN(C)C)c1cccc2ccccc12.[Br-]. The highest BCUT2D eigenvalue weighted by Gasteiger charge is 2.45. The second kappa shape index (κ2) is 24.0. The van der Waals surface area contributed by atoms with Crippen molar-refractivity contribution in [2.45, 2.75) is 62.9 Å². The highest BCUT2D eigenvalue weighted by Crippen LogP contribution is 2.56. The van der Waals surface area contributed by atoms with Crippen LogP contribution in [-0.2, 0) is 21.6 Å². The molecule has 350 valence electrons. The van der Waals surface area contributed by atoms with Gasteiger partial charge in [-0.15, -0.1) is 0 Å². The van der Waals surface area contributed by atoms with Gasteiger partial charge in [-0.2, -0.15) is 0 Å². The topological polar surface area (TPSA) is 71.9 Å². The fourth-order valence-electron chi connectivity index (χ4n) is 9.91. The number of nitrogens with zero attached hydrogens (tertiary/aromatic N) is 2. The van der Waals surface area contributed by atoms with Crippen LogP contribution in [0.4, 0.5) is 0 Å². The first-order valence-corrected chi connectivity index (χ1v) is 25.9. The Bertz CT molecular complexity index is 2730. The van der Waals surface area contributed by atoms with Gasteiger partial charge in [0.2, 0.25) is 5.88 Å². The molecule has 0 fully saturated rings. The van der Waals surface area contributed by atoms with E-state index in [2.05, 4.69) is 157 Å². The Morgan fingerprint density at radius 1 is 0.662 bits per heavy atom. The zero-order valence-electron chi connectivity index (χ0n) is 39.6. The number of ether oxygens (including phenoxy) is 2. The molecule has 0 radical (unpaired) electrons. The molecule has 68 heavy (non-hydrogen) atoms. The Labute approximate surface area is 414 Å². The molecule has 2 atom stereocenters. The van der Waals surface area contributed by atoms with Gasteiger partial charge in [0, 0.05) is 29.8 Å². The summed E-state index contributed by atoms with van der Waals surface area (Å²) in [5.41, 5.74) is 3.41. The maximum Gasteiger partial charge on any atom is 0.305 e. The molecule has 1 heterocycles. The van der Waals surface area contributed by atoms with Gasteiger partial charge in [-0.05, 0) is 141 Å². The molecule has 8 aromatic rings. The molecule has 7 aromatic carbocycles. The van der Waals surface area contributed by atoms with Gasteiger partial charge in [-0.3, -0.25) is 4.79 Å². The number of aryl methyl sites for hydroxylation is 1. The maximum atomic E-state index is 13.4. The van der Waals surface area contributed by atoms with Crippen LogP contribution >= 0.6 is 7.26 Å². The molecule has 8 rings (SSSR count). The van der Waals surface area contributed by atoms with Crippen LogP contribution in [0.25, 0.3) is 21.7 Å². The number of hydrogen-bond donors (Lipinski definition) is 1. The lowest BCUT2D eigenvalue weighted by molar-refractivity contribution is -0.143. The Balaban J connectivity index is 0.00000684. The fraction of sp³-hybridized carbons (Fsp3) is 0.267. The van der Waals surface area contributed by atoms with Crippen molar-refractivity contribution in [1.29, 1.82) is 0 Å². The number of aromatic nitrogens is 1. The zero-order valence-corrected chi connectivity index (χ0v) is 42.1. The number of carbonyl (C=O) groups excluding carboxylic acids is 1. The summed E-state index contributed by atoms with van der Waals surface area (Å²) < 4.78 is 11.8. The van der Waals surface area contributed by atoms with Gasteiger partial charge >= 0.3 is 5.97 Å². The van der Waals surface area contributed by atoms with Crippen molar-refractivity contribution in [3.8, 4) is 5.88 Å². The summed E-state index contributed by atoms with van der Waals surface area (Å²) in [6, 6.07) is 66.3. The Morgan fingerprint density at radius 2 is 1.26 bits per heavy atom. The number of unbranched alkanes of at least 4 members (excludes halogenated alkanes) is 3. The van der Waals surface area contributed by atoms with Gasteiger partial charge in [0.15, 0.2) is 0 Å². The van der Waals surface area contributed by atoms with Crippen LogP contribution in [0.2, 0.25) is 0 Å². The zero-order chi connectivity index (χ0) is 46.5. The highest BCUT2D eigenvalue weighted by atomic mass is 79.9. The largest absolute Gasteiger partial charge is 1.00 e. The van der Waals surface area contributed by atoms with E-state index in [0.29, 0.717) is 31.9 Å². The summed E-state index contributed by atoms with van der Waals surface area (Å²) in [5.74, 6) is -0.103. The summed E-state index contributed by atoms with van der Waals surface area (Å²) in [6.45, 7) is 1.09. The van der Waals surface area contributed by atoms with E-state index < -0.39 is 18.8 Å². The van der Waals surface area contributed by atoms with E-state index in [4.69, 9.17) is 14.5 Å². The monoisotopic (exact) mass is 986 g/mol. The predicted octanol–water partition coefficient (Wildman–Crippen LogP) is 8.79. The van der Waals surface area contributed by atoms with Gasteiger partial charge in [0.25, 0.3) is 0 Å². The summed E-state index contributed by atoms with van der Waals surface area (Å²) in [5, 5.41) is 20.7. The van der Waals surface area contributed by atoms with E-state index in [1.54, 1.807) is 7.11 Å². The molecule has 0 aliphatic carbocycles. The van der Waals surface area contributed by atoms with Gasteiger partial charge < -0.3 is 36.5 Å².